The van der Waals surface area contributed by atoms with Crippen molar-refractivity contribution in [2.24, 2.45) is 0 Å². The lowest BCUT2D eigenvalue weighted by Gasteiger charge is -2.39. The fraction of sp³-hybridized carbons (Fsp3) is 0.591. The van der Waals surface area contributed by atoms with Gasteiger partial charge in [-0.15, -0.1) is 0 Å². The number of fused-ring (bicyclic) bond motifs is 1. The molecule has 2 saturated heterocycles. The smallest absolute Gasteiger partial charge is 0.270 e. The lowest BCUT2D eigenvalue weighted by atomic mass is 9.99. The molecule has 2 aliphatic rings. The highest BCUT2D eigenvalue weighted by molar-refractivity contribution is 6.02. The number of rotatable bonds is 3. The summed E-state index contributed by atoms with van der Waals surface area (Å²) in [5.41, 5.74) is 5.40. The van der Waals surface area contributed by atoms with Gasteiger partial charge in [0.1, 0.15) is 5.69 Å². The van der Waals surface area contributed by atoms with Gasteiger partial charge in [-0.2, -0.15) is 0 Å². The maximum Gasteiger partial charge on any atom is 0.270 e. The lowest BCUT2D eigenvalue weighted by molar-refractivity contribution is 0.0164. The zero-order valence-electron chi connectivity index (χ0n) is 16.8. The number of amides is 1. The van der Waals surface area contributed by atoms with Crippen LogP contribution in [0.4, 0.5) is 0 Å². The third-order valence-electron chi connectivity index (χ3n) is 6.30. The molecule has 0 spiro atoms. The van der Waals surface area contributed by atoms with Crippen LogP contribution in [0.3, 0.4) is 0 Å². The number of benzene rings is 1. The summed E-state index contributed by atoms with van der Waals surface area (Å²) in [7, 11) is 0. The largest absolute Gasteiger partial charge is 0.379 e. The molecule has 27 heavy (non-hydrogen) atoms. The van der Waals surface area contributed by atoms with E-state index in [1.54, 1.807) is 0 Å². The first-order chi connectivity index (χ1) is 13.1. The maximum absolute atomic E-state index is 13.5. The second-order valence-electron chi connectivity index (χ2n) is 8.14. The van der Waals surface area contributed by atoms with Gasteiger partial charge >= 0.3 is 0 Å². The predicted octanol–water partition coefficient (Wildman–Crippen LogP) is 3.42. The maximum atomic E-state index is 13.5. The summed E-state index contributed by atoms with van der Waals surface area (Å²) >= 11 is 0. The Morgan fingerprint density at radius 1 is 1.11 bits per heavy atom. The zero-order valence-corrected chi connectivity index (χ0v) is 16.8. The van der Waals surface area contributed by atoms with Gasteiger partial charge < -0.3 is 14.6 Å². The Kier molecular flexibility index (Phi) is 5.24. The van der Waals surface area contributed by atoms with E-state index in [0.717, 1.165) is 69.0 Å². The van der Waals surface area contributed by atoms with Crippen LogP contribution < -0.4 is 0 Å². The number of hydrogen-bond donors (Lipinski definition) is 1. The van der Waals surface area contributed by atoms with Crippen molar-refractivity contribution in [1.29, 1.82) is 0 Å². The molecule has 0 bridgehead atoms. The summed E-state index contributed by atoms with van der Waals surface area (Å²) in [6, 6.07) is 4.58. The quantitative estimate of drug-likeness (QED) is 0.902. The third kappa shape index (κ3) is 3.50. The minimum Gasteiger partial charge on any atom is -0.379 e. The van der Waals surface area contributed by atoms with Crippen LogP contribution in [-0.4, -0.2) is 66.1 Å². The van der Waals surface area contributed by atoms with Crippen LogP contribution in [-0.2, 0) is 4.74 Å². The van der Waals surface area contributed by atoms with E-state index in [1.165, 1.54) is 22.9 Å². The molecule has 1 amide bonds. The van der Waals surface area contributed by atoms with Crippen LogP contribution in [0.1, 0.15) is 46.4 Å². The number of likely N-dealkylation sites (tertiary alicyclic amines) is 1. The molecule has 0 unspecified atom stereocenters. The van der Waals surface area contributed by atoms with Crippen LogP contribution >= 0.6 is 0 Å². The van der Waals surface area contributed by atoms with Gasteiger partial charge in [-0.3, -0.25) is 9.69 Å². The average molecular weight is 370 g/mol. The number of carbonyl (C=O) groups is 1. The normalized spacial score (nSPS) is 21.7. The molecule has 1 aromatic carbocycles. The minimum atomic E-state index is 0.167. The SMILES string of the molecule is Cc1ccc(C)c2c(C)c(C(=O)N3CCCC[C@@H]3CN3CCOCC3)[nH]c12. The van der Waals surface area contributed by atoms with E-state index < -0.39 is 0 Å². The Hall–Kier alpha value is -1.85. The molecule has 146 valence electrons. The number of aromatic amines is 1. The van der Waals surface area contributed by atoms with Gasteiger partial charge in [-0.25, -0.2) is 0 Å². The third-order valence-corrected chi connectivity index (χ3v) is 6.30. The highest BCUT2D eigenvalue weighted by Gasteiger charge is 2.31. The molecular weight excluding hydrogens is 338 g/mol. The molecule has 2 fully saturated rings. The number of morpholine rings is 1. The van der Waals surface area contributed by atoms with Crippen molar-refractivity contribution in [3.8, 4) is 0 Å². The molecule has 2 aliphatic heterocycles. The summed E-state index contributed by atoms with van der Waals surface area (Å²) in [6.45, 7) is 11.7. The molecule has 1 aromatic heterocycles. The Bertz CT molecular complexity index is 836. The van der Waals surface area contributed by atoms with E-state index >= 15 is 0 Å². The fourth-order valence-electron chi connectivity index (χ4n) is 4.70. The molecule has 0 aliphatic carbocycles. The van der Waals surface area contributed by atoms with Crippen molar-refractivity contribution in [1.82, 2.24) is 14.8 Å². The van der Waals surface area contributed by atoms with E-state index in [2.05, 4.69) is 47.7 Å². The van der Waals surface area contributed by atoms with Crippen molar-refractivity contribution < 1.29 is 9.53 Å². The highest BCUT2D eigenvalue weighted by Crippen LogP contribution is 2.30. The number of nitrogens with zero attached hydrogens (tertiary/aromatic N) is 2. The molecule has 0 radical (unpaired) electrons. The molecular formula is C22H31N3O2. The summed E-state index contributed by atoms with van der Waals surface area (Å²) in [4.78, 5) is 21.6. The summed E-state index contributed by atoms with van der Waals surface area (Å²) in [5.74, 6) is 0.167. The Morgan fingerprint density at radius 3 is 2.59 bits per heavy atom. The van der Waals surface area contributed by atoms with E-state index in [0.29, 0.717) is 6.04 Å². The number of ether oxygens (including phenoxy) is 1. The van der Waals surface area contributed by atoms with Gasteiger partial charge in [-0.1, -0.05) is 12.1 Å². The molecule has 5 heteroatoms. The first kappa shape index (κ1) is 18.5. The molecule has 5 nitrogen and oxygen atoms in total. The number of nitrogens with one attached hydrogen (secondary N) is 1. The van der Waals surface area contributed by atoms with Gasteiger partial charge in [0.15, 0.2) is 0 Å². The number of aromatic nitrogens is 1. The first-order valence-corrected chi connectivity index (χ1v) is 10.3. The van der Waals surface area contributed by atoms with Crippen LogP contribution in [0.2, 0.25) is 0 Å². The first-order valence-electron chi connectivity index (χ1n) is 10.3. The second kappa shape index (κ2) is 7.64. The molecule has 4 rings (SSSR count). The Morgan fingerprint density at radius 2 is 1.85 bits per heavy atom. The highest BCUT2D eigenvalue weighted by atomic mass is 16.5. The van der Waals surface area contributed by atoms with Crippen molar-refractivity contribution in [3.05, 3.63) is 34.5 Å². The van der Waals surface area contributed by atoms with Crippen molar-refractivity contribution >= 4 is 16.8 Å². The molecule has 0 saturated carbocycles. The van der Waals surface area contributed by atoms with Crippen LogP contribution in [0.25, 0.3) is 10.9 Å². The zero-order chi connectivity index (χ0) is 19.0. The monoisotopic (exact) mass is 369 g/mol. The van der Waals surface area contributed by atoms with Gasteiger partial charge in [0.25, 0.3) is 5.91 Å². The van der Waals surface area contributed by atoms with E-state index in [9.17, 15) is 4.79 Å². The standard InChI is InChI=1S/C22H31N3O2/c1-15-7-8-16(2)20-19(15)17(3)21(23-20)22(26)25-9-5-4-6-18(25)14-24-10-12-27-13-11-24/h7-8,18,23H,4-6,9-14H2,1-3H3/t18-/m1/s1. The molecule has 1 N–H and O–H groups in total. The number of hydrogen-bond acceptors (Lipinski definition) is 3. The van der Waals surface area contributed by atoms with E-state index in [4.69, 9.17) is 4.74 Å². The Balaban J connectivity index is 1.62. The molecule has 3 heterocycles. The van der Waals surface area contributed by atoms with E-state index in [1.807, 2.05) is 0 Å². The summed E-state index contributed by atoms with van der Waals surface area (Å²) < 4.78 is 5.48. The van der Waals surface area contributed by atoms with Crippen molar-refractivity contribution in [2.75, 3.05) is 39.4 Å². The number of piperidine rings is 1. The molecule has 2 aromatic rings. The summed E-state index contributed by atoms with van der Waals surface area (Å²) in [5, 5.41) is 1.21. The van der Waals surface area contributed by atoms with Crippen LogP contribution in [0.15, 0.2) is 12.1 Å². The van der Waals surface area contributed by atoms with Gasteiger partial charge in [-0.05, 0) is 56.7 Å². The van der Waals surface area contributed by atoms with Crippen LogP contribution in [0, 0.1) is 20.8 Å². The molecule has 1 atom stereocenters. The van der Waals surface area contributed by atoms with Crippen molar-refractivity contribution in [3.63, 3.8) is 0 Å². The summed E-state index contributed by atoms with van der Waals surface area (Å²) in [6.07, 6.45) is 3.41. The van der Waals surface area contributed by atoms with Gasteiger partial charge in [0.05, 0.1) is 13.2 Å². The topological polar surface area (TPSA) is 48.6 Å². The lowest BCUT2D eigenvalue weighted by Crippen LogP contribution is -2.51. The van der Waals surface area contributed by atoms with Gasteiger partial charge in [0, 0.05) is 43.1 Å². The Labute approximate surface area is 161 Å². The number of H-pyrrole nitrogens is 1. The van der Waals surface area contributed by atoms with Crippen molar-refractivity contribution in [2.45, 2.75) is 46.1 Å². The second-order valence-corrected chi connectivity index (χ2v) is 8.14. The van der Waals surface area contributed by atoms with Crippen LogP contribution in [0.5, 0.6) is 0 Å². The minimum absolute atomic E-state index is 0.167. The fourth-order valence-corrected chi connectivity index (χ4v) is 4.70. The number of carbonyl (C=O) groups excluding carboxylic acids is 1. The number of aryl methyl sites for hydroxylation is 3. The van der Waals surface area contributed by atoms with Gasteiger partial charge in [0.2, 0.25) is 0 Å². The predicted molar refractivity (Wildman–Crippen MR) is 108 cm³/mol. The average Bonchev–Trinajstić information content (AvgIpc) is 3.04. The van der Waals surface area contributed by atoms with E-state index in [-0.39, 0.29) is 5.91 Å².